The van der Waals surface area contributed by atoms with Crippen molar-refractivity contribution in [2.45, 2.75) is 50.5 Å². The van der Waals surface area contributed by atoms with Crippen LogP contribution in [0.4, 0.5) is 5.69 Å². The molecule has 0 saturated carbocycles. The second-order valence-electron chi connectivity index (χ2n) is 11.3. The maximum Gasteiger partial charge on any atom is 0.336 e. The van der Waals surface area contributed by atoms with E-state index in [2.05, 4.69) is 29.6 Å². The molecule has 212 valence electrons. The number of para-hydroxylation sites is 1. The van der Waals surface area contributed by atoms with Gasteiger partial charge < -0.3 is 24.1 Å². The molecule has 41 heavy (non-hydrogen) atoms. The predicted molar refractivity (Wildman–Crippen MR) is 156 cm³/mol. The fourth-order valence-corrected chi connectivity index (χ4v) is 6.22. The van der Waals surface area contributed by atoms with Gasteiger partial charge in [0.2, 0.25) is 0 Å². The minimum absolute atomic E-state index is 0.0283. The van der Waals surface area contributed by atoms with Crippen LogP contribution < -0.4 is 15.6 Å². The first-order valence-corrected chi connectivity index (χ1v) is 14.1. The van der Waals surface area contributed by atoms with Crippen LogP contribution in [-0.4, -0.2) is 45.2 Å². The molecule has 0 bridgehead atoms. The van der Waals surface area contributed by atoms with Crippen LogP contribution >= 0.6 is 0 Å². The maximum absolute atomic E-state index is 14.0. The summed E-state index contributed by atoms with van der Waals surface area (Å²) in [6, 6.07) is 15.2. The molecule has 0 radical (unpaired) electrons. The van der Waals surface area contributed by atoms with Gasteiger partial charge in [-0.05, 0) is 61.9 Å². The zero-order valence-corrected chi connectivity index (χ0v) is 23.6. The highest BCUT2D eigenvalue weighted by Gasteiger charge is 2.43. The van der Waals surface area contributed by atoms with E-state index in [1.807, 2.05) is 19.0 Å². The number of Topliss-reactive ketones (excluding diaryl/α,β-unsaturated/α-hetero) is 1. The molecule has 3 heterocycles. The van der Waals surface area contributed by atoms with E-state index in [9.17, 15) is 14.4 Å². The predicted octanol–water partition coefficient (Wildman–Crippen LogP) is 4.94. The van der Waals surface area contributed by atoms with Crippen LogP contribution in [0.5, 0.6) is 0 Å². The maximum atomic E-state index is 14.0. The molecule has 1 aromatic heterocycles. The third-order valence-corrected chi connectivity index (χ3v) is 8.37. The number of nitrogens with zero attached hydrogens (tertiary/aromatic N) is 1. The van der Waals surface area contributed by atoms with Gasteiger partial charge in [0.15, 0.2) is 11.2 Å². The molecular weight excluding hydrogens is 520 g/mol. The quantitative estimate of drug-likeness (QED) is 0.428. The van der Waals surface area contributed by atoms with E-state index in [1.165, 1.54) is 6.26 Å². The number of anilines is 1. The van der Waals surface area contributed by atoms with E-state index in [0.29, 0.717) is 35.3 Å². The fraction of sp³-hybridized carbons (Fsp3) is 0.364. The lowest BCUT2D eigenvalue weighted by Gasteiger charge is -2.36. The average Bonchev–Trinajstić information content (AvgIpc) is 3.49. The smallest absolute Gasteiger partial charge is 0.336 e. The fourth-order valence-electron chi connectivity index (χ4n) is 6.22. The SMILES string of the molecule is CC1=C(C(=O)OC[C@@H]2CCCO2)[C@H](c2coc3ccccc3c2=O)C2=C(C[C@@H](c3ccc(N(C)C)cc3)CC2=O)N1. The Balaban J connectivity index is 1.41. The number of ketones is 1. The Morgan fingerprint density at radius 2 is 1.85 bits per heavy atom. The van der Waals surface area contributed by atoms with Crippen LogP contribution in [0, 0.1) is 0 Å². The minimum Gasteiger partial charge on any atom is -0.464 e. The van der Waals surface area contributed by atoms with Crippen molar-refractivity contribution in [1.82, 2.24) is 5.32 Å². The summed E-state index contributed by atoms with van der Waals surface area (Å²) < 4.78 is 17.2. The molecule has 2 aromatic carbocycles. The third-order valence-electron chi connectivity index (χ3n) is 8.37. The van der Waals surface area contributed by atoms with Crippen molar-refractivity contribution >= 4 is 28.4 Å². The van der Waals surface area contributed by atoms with Gasteiger partial charge in [-0.25, -0.2) is 4.79 Å². The second kappa shape index (κ2) is 11.0. The number of benzene rings is 2. The molecule has 1 fully saturated rings. The van der Waals surface area contributed by atoms with E-state index >= 15 is 0 Å². The largest absolute Gasteiger partial charge is 0.464 e. The average molecular weight is 555 g/mol. The Morgan fingerprint density at radius 3 is 2.59 bits per heavy atom. The summed E-state index contributed by atoms with van der Waals surface area (Å²) >= 11 is 0. The lowest BCUT2D eigenvalue weighted by molar-refractivity contribution is -0.142. The number of hydrogen-bond donors (Lipinski definition) is 1. The first-order chi connectivity index (χ1) is 19.8. The molecule has 1 N–H and O–H groups in total. The van der Waals surface area contributed by atoms with Gasteiger partial charge in [-0.3, -0.25) is 9.59 Å². The van der Waals surface area contributed by atoms with Crippen molar-refractivity contribution in [2.75, 3.05) is 32.2 Å². The van der Waals surface area contributed by atoms with Gasteiger partial charge in [-0.15, -0.1) is 0 Å². The Kier molecular flexibility index (Phi) is 7.26. The molecule has 8 nitrogen and oxygen atoms in total. The molecule has 1 aliphatic carbocycles. The zero-order chi connectivity index (χ0) is 28.7. The number of allylic oxidation sites excluding steroid dienone is 3. The molecule has 0 spiro atoms. The van der Waals surface area contributed by atoms with Crippen LogP contribution in [0.1, 0.15) is 55.6 Å². The van der Waals surface area contributed by atoms with E-state index < -0.39 is 11.9 Å². The Morgan fingerprint density at radius 1 is 1.07 bits per heavy atom. The Bertz CT molecular complexity index is 1630. The molecule has 3 atom stereocenters. The Hall–Kier alpha value is -4.17. The summed E-state index contributed by atoms with van der Waals surface area (Å²) in [7, 11) is 3.98. The second-order valence-corrected chi connectivity index (χ2v) is 11.3. The van der Waals surface area contributed by atoms with Crippen LogP contribution in [0.3, 0.4) is 0 Å². The number of rotatable bonds is 6. The van der Waals surface area contributed by atoms with Gasteiger partial charge >= 0.3 is 5.97 Å². The van der Waals surface area contributed by atoms with Crippen molar-refractivity contribution in [3.63, 3.8) is 0 Å². The minimum atomic E-state index is -0.895. The van der Waals surface area contributed by atoms with Crippen LogP contribution in [0.15, 0.2) is 86.5 Å². The summed E-state index contributed by atoms with van der Waals surface area (Å²) in [5.74, 6) is -1.59. The highest BCUT2D eigenvalue weighted by atomic mass is 16.6. The van der Waals surface area contributed by atoms with Crippen molar-refractivity contribution in [3.05, 3.63) is 98.7 Å². The van der Waals surface area contributed by atoms with E-state index in [-0.39, 0.29) is 47.4 Å². The molecule has 0 unspecified atom stereocenters. The first-order valence-electron chi connectivity index (χ1n) is 14.1. The van der Waals surface area contributed by atoms with Gasteiger partial charge in [0, 0.05) is 55.3 Å². The molecular formula is C33H34N2O6. The highest BCUT2D eigenvalue weighted by molar-refractivity contribution is 6.04. The van der Waals surface area contributed by atoms with Gasteiger partial charge in [-0.2, -0.15) is 0 Å². The topological polar surface area (TPSA) is 98.1 Å². The number of dihydropyridines is 1. The van der Waals surface area contributed by atoms with Crippen molar-refractivity contribution in [1.29, 1.82) is 0 Å². The first kappa shape index (κ1) is 27.0. The summed E-state index contributed by atoms with van der Waals surface area (Å²) in [6.45, 7) is 2.57. The summed E-state index contributed by atoms with van der Waals surface area (Å²) in [6.07, 6.45) is 3.85. The van der Waals surface area contributed by atoms with Crippen LogP contribution in [-0.2, 0) is 19.1 Å². The van der Waals surface area contributed by atoms with E-state index in [0.717, 1.165) is 29.8 Å². The van der Waals surface area contributed by atoms with Crippen molar-refractivity contribution in [2.24, 2.45) is 0 Å². The summed E-state index contributed by atoms with van der Waals surface area (Å²) in [5.41, 5.74) is 4.57. The van der Waals surface area contributed by atoms with Gasteiger partial charge in [-0.1, -0.05) is 24.3 Å². The molecule has 3 aromatic rings. The molecule has 2 aliphatic heterocycles. The number of esters is 1. The van der Waals surface area contributed by atoms with Crippen molar-refractivity contribution in [3.8, 4) is 0 Å². The Labute approximate surface area is 238 Å². The molecule has 0 amide bonds. The normalized spacial score (nSPS) is 22.5. The van der Waals surface area contributed by atoms with Crippen molar-refractivity contribution < 1.29 is 23.5 Å². The van der Waals surface area contributed by atoms with Gasteiger partial charge in [0.1, 0.15) is 12.2 Å². The van der Waals surface area contributed by atoms with Crippen LogP contribution in [0.2, 0.25) is 0 Å². The van der Waals surface area contributed by atoms with Gasteiger partial charge in [0.25, 0.3) is 0 Å². The number of hydrogen-bond acceptors (Lipinski definition) is 8. The number of carbonyl (C=O) groups excluding carboxylic acids is 2. The molecule has 6 rings (SSSR count). The van der Waals surface area contributed by atoms with Gasteiger partial charge in [0.05, 0.1) is 29.2 Å². The monoisotopic (exact) mass is 554 g/mol. The van der Waals surface area contributed by atoms with E-state index in [4.69, 9.17) is 13.9 Å². The summed E-state index contributed by atoms with van der Waals surface area (Å²) in [4.78, 5) is 43.4. The van der Waals surface area contributed by atoms with E-state index in [1.54, 1.807) is 31.2 Å². The molecule has 3 aliphatic rings. The zero-order valence-electron chi connectivity index (χ0n) is 23.6. The standard InChI is InChI=1S/C33H34N2O6/c1-19-29(33(38)41-17-23-7-6-14-39-23)30(25-18-40-28-9-5-4-8-24(28)32(25)37)31-26(34-19)15-21(16-27(31)36)20-10-12-22(13-11-20)35(2)3/h4-5,8-13,18,21,23,30,34H,6-7,14-17H2,1-3H3/t21-,23+,30+/m1/s1. The molecule has 8 heteroatoms. The summed E-state index contributed by atoms with van der Waals surface area (Å²) in [5, 5.41) is 3.76. The third kappa shape index (κ3) is 5.08. The lowest BCUT2D eigenvalue weighted by atomic mass is 9.72. The number of nitrogens with one attached hydrogen (secondary N) is 1. The number of fused-ring (bicyclic) bond motifs is 1. The van der Waals surface area contributed by atoms with Crippen LogP contribution in [0.25, 0.3) is 11.0 Å². The number of ether oxygens (including phenoxy) is 2. The lowest BCUT2D eigenvalue weighted by Crippen LogP contribution is -2.38. The number of carbonyl (C=O) groups is 2. The highest BCUT2D eigenvalue weighted by Crippen LogP contribution is 2.45. The molecule has 1 saturated heterocycles.